The van der Waals surface area contributed by atoms with Gasteiger partial charge in [0.1, 0.15) is 11.6 Å². The van der Waals surface area contributed by atoms with Crippen molar-refractivity contribution in [3.63, 3.8) is 0 Å². The summed E-state index contributed by atoms with van der Waals surface area (Å²) >= 11 is 0. The first kappa shape index (κ1) is 21.8. The molecular formula is C21H20F4N2O3. The van der Waals surface area contributed by atoms with Gasteiger partial charge in [-0.1, -0.05) is 26.0 Å². The molecule has 3 aromatic rings. The van der Waals surface area contributed by atoms with E-state index in [1.807, 2.05) is 0 Å². The minimum Gasteiger partial charge on any atom is -0.508 e. The highest BCUT2D eigenvalue weighted by Crippen LogP contribution is 2.44. The fraction of sp³-hybridized carbons (Fsp3) is 0.333. The first-order chi connectivity index (χ1) is 13.8. The van der Waals surface area contributed by atoms with Gasteiger partial charge in [-0.15, -0.1) is 0 Å². The summed E-state index contributed by atoms with van der Waals surface area (Å²) in [6, 6.07) is 8.99. The Morgan fingerprint density at radius 2 is 1.77 bits per heavy atom. The summed E-state index contributed by atoms with van der Waals surface area (Å²) in [5.74, 6) is -1.09. The van der Waals surface area contributed by atoms with Crippen molar-refractivity contribution in [1.29, 1.82) is 0 Å². The van der Waals surface area contributed by atoms with E-state index in [1.54, 1.807) is 12.1 Å². The molecule has 0 bridgehead atoms. The largest absolute Gasteiger partial charge is 0.508 e. The molecule has 0 spiro atoms. The number of para-hydroxylation sites is 1. The van der Waals surface area contributed by atoms with Crippen molar-refractivity contribution in [3.8, 4) is 5.75 Å². The first-order valence-corrected chi connectivity index (χ1v) is 9.06. The van der Waals surface area contributed by atoms with Crippen LogP contribution in [0.5, 0.6) is 5.75 Å². The molecule has 0 amide bonds. The molecule has 0 aliphatic heterocycles. The maximum Gasteiger partial charge on any atom is 0.418 e. The minimum atomic E-state index is -5.06. The second kappa shape index (κ2) is 7.39. The highest BCUT2D eigenvalue weighted by molar-refractivity contribution is 5.77. The lowest BCUT2D eigenvalue weighted by molar-refractivity contribution is -0.271. The van der Waals surface area contributed by atoms with Gasteiger partial charge in [-0.2, -0.15) is 18.2 Å². The van der Waals surface area contributed by atoms with Crippen molar-refractivity contribution >= 4 is 10.9 Å². The molecule has 2 aromatic carbocycles. The molecule has 0 aliphatic carbocycles. The van der Waals surface area contributed by atoms with Gasteiger partial charge in [0, 0.05) is 5.56 Å². The molecule has 1 aromatic heterocycles. The molecule has 2 N–H and O–H groups in total. The zero-order valence-electron chi connectivity index (χ0n) is 16.2. The molecule has 1 atom stereocenters. The fourth-order valence-electron chi connectivity index (χ4n) is 3.69. The second-order valence-electron chi connectivity index (χ2n) is 7.95. The van der Waals surface area contributed by atoms with Crippen LogP contribution < -0.4 is 5.56 Å². The van der Waals surface area contributed by atoms with Gasteiger partial charge >= 0.3 is 6.18 Å². The average molecular weight is 424 g/mol. The van der Waals surface area contributed by atoms with Crippen LogP contribution in [0.1, 0.15) is 25.8 Å². The lowest BCUT2D eigenvalue weighted by Gasteiger charge is -2.38. The molecule has 5 nitrogen and oxygen atoms in total. The third-order valence-electron chi connectivity index (χ3n) is 5.14. The Kier molecular flexibility index (Phi) is 5.36. The molecule has 0 radical (unpaired) electrons. The van der Waals surface area contributed by atoms with Crippen LogP contribution in [-0.4, -0.2) is 31.5 Å². The van der Waals surface area contributed by atoms with Gasteiger partial charge in [0.2, 0.25) is 0 Å². The summed E-state index contributed by atoms with van der Waals surface area (Å²) in [7, 11) is 0. The van der Waals surface area contributed by atoms with Crippen molar-refractivity contribution < 1.29 is 27.8 Å². The maximum atomic E-state index is 14.0. The van der Waals surface area contributed by atoms with Gasteiger partial charge < -0.3 is 14.8 Å². The number of rotatable bonds is 5. The van der Waals surface area contributed by atoms with E-state index in [9.17, 15) is 32.6 Å². The molecule has 0 saturated carbocycles. The third kappa shape index (κ3) is 4.02. The number of alkyl halides is 3. The van der Waals surface area contributed by atoms with Crippen molar-refractivity contribution in [2.24, 2.45) is 0 Å². The molecule has 160 valence electrons. The van der Waals surface area contributed by atoms with E-state index in [0.717, 1.165) is 29.1 Å². The number of phenolic OH excluding ortho intramolecular Hbond substituents is 1. The van der Waals surface area contributed by atoms with Crippen molar-refractivity contribution in [2.75, 3.05) is 0 Å². The molecule has 0 fully saturated rings. The van der Waals surface area contributed by atoms with E-state index in [4.69, 9.17) is 0 Å². The lowest BCUT2D eigenvalue weighted by atomic mass is 9.74. The summed E-state index contributed by atoms with van der Waals surface area (Å²) < 4.78 is 56.8. The molecular weight excluding hydrogens is 404 g/mol. The quantitative estimate of drug-likeness (QED) is 0.609. The van der Waals surface area contributed by atoms with Gasteiger partial charge in [-0.05, 0) is 42.2 Å². The summed E-state index contributed by atoms with van der Waals surface area (Å²) in [5.41, 5.74) is -5.17. The van der Waals surface area contributed by atoms with Crippen LogP contribution in [0.25, 0.3) is 10.9 Å². The van der Waals surface area contributed by atoms with E-state index in [2.05, 4.69) is 4.98 Å². The molecule has 9 heteroatoms. The van der Waals surface area contributed by atoms with Gasteiger partial charge in [0.05, 0.1) is 23.8 Å². The Bertz CT molecular complexity index is 1140. The van der Waals surface area contributed by atoms with E-state index in [0.29, 0.717) is 0 Å². The SMILES string of the molecule is CC(C)(C[C@](O)(Cn1cnc(=O)c2ccccc21)C(F)(F)F)c1cc(F)ccc1O. The number of halogens is 4. The topological polar surface area (TPSA) is 75.3 Å². The van der Waals surface area contributed by atoms with E-state index >= 15 is 0 Å². The van der Waals surface area contributed by atoms with E-state index < -0.39 is 41.5 Å². The molecule has 0 saturated heterocycles. The Labute approximate surface area is 169 Å². The molecule has 0 unspecified atom stereocenters. The van der Waals surface area contributed by atoms with Gasteiger partial charge in [0.25, 0.3) is 5.56 Å². The molecule has 3 rings (SSSR count). The molecule has 30 heavy (non-hydrogen) atoms. The number of phenols is 1. The standard InChI is InChI=1S/C21H20F4N2O3/c1-19(2,15-9-13(22)7-8-17(15)28)10-20(30,21(23,24)25)11-27-12-26-18(29)14-5-3-4-6-16(14)27/h3-9,12,28,30H,10-11H2,1-2H3/t20-/m0/s1. The number of hydrogen-bond acceptors (Lipinski definition) is 4. The predicted octanol–water partition coefficient (Wildman–Crippen LogP) is 3.90. The van der Waals surface area contributed by atoms with Crippen LogP contribution in [0, 0.1) is 5.82 Å². The van der Waals surface area contributed by atoms with Gasteiger partial charge in [-0.25, -0.2) is 4.39 Å². The number of fused-ring (bicyclic) bond motifs is 1. The Hall–Kier alpha value is -2.94. The number of aliphatic hydroxyl groups is 1. The van der Waals surface area contributed by atoms with Crippen LogP contribution in [0.2, 0.25) is 0 Å². The van der Waals surface area contributed by atoms with Crippen molar-refractivity contribution in [3.05, 3.63) is 70.5 Å². The van der Waals surface area contributed by atoms with Gasteiger partial charge in [0.15, 0.2) is 5.60 Å². The van der Waals surface area contributed by atoms with Crippen LogP contribution in [0.3, 0.4) is 0 Å². The maximum absolute atomic E-state index is 14.0. The first-order valence-electron chi connectivity index (χ1n) is 9.06. The summed E-state index contributed by atoms with van der Waals surface area (Å²) in [6.45, 7) is 1.81. The van der Waals surface area contributed by atoms with E-state index in [-0.39, 0.29) is 22.2 Å². The normalized spacial score (nSPS) is 14.6. The van der Waals surface area contributed by atoms with Crippen LogP contribution in [0.4, 0.5) is 17.6 Å². The number of hydrogen-bond donors (Lipinski definition) is 2. The third-order valence-corrected chi connectivity index (χ3v) is 5.14. The highest BCUT2D eigenvalue weighted by Gasteiger charge is 2.56. The van der Waals surface area contributed by atoms with Crippen LogP contribution in [-0.2, 0) is 12.0 Å². The zero-order chi connectivity index (χ0) is 22.3. The summed E-state index contributed by atoms with van der Waals surface area (Å²) in [6.07, 6.45) is -4.98. The van der Waals surface area contributed by atoms with Crippen LogP contribution in [0.15, 0.2) is 53.6 Å². The van der Waals surface area contributed by atoms with Crippen molar-refractivity contribution in [2.45, 2.75) is 44.0 Å². The predicted molar refractivity (Wildman–Crippen MR) is 103 cm³/mol. The smallest absolute Gasteiger partial charge is 0.418 e. The fourth-order valence-corrected chi connectivity index (χ4v) is 3.69. The Morgan fingerprint density at radius 1 is 1.10 bits per heavy atom. The van der Waals surface area contributed by atoms with E-state index in [1.165, 1.54) is 26.0 Å². The minimum absolute atomic E-state index is 0.0620. The molecule has 1 heterocycles. The summed E-state index contributed by atoms with van der Waals surface area (Å²) in [4.78, 5) is 15.5. The number of aromatic hydroxyl groups is 1. The zero-order valence-corrected chi connectivity index (χ0v) is 16.2. The van der Waals surface area contributed by atoms with Crippen LogP contribution >= 0.6 is 0 Å². The Balaban J connectivity index is 2.07. The average Bonchev–Trinajstić information content (AvgIpc) is 2.65. The highest BCUT2D eigenvalue weighted by atomic mass is 19.4. The Morgan fingerprint density at radius 3 is 2.43 bits per heavy atom. The number of nitrogens with zero attached hydrogens (tertiary/aromatic N) is 2. The monoisotopic (exact) mass is 424 g/mol. The summed E-state index contributed by atoms with van der Waals surface area (Å²) in [5, 5.41) is 20.9. The van der Waals surface area contributed by atoms with Crippen molar-refractivity contribution in [1.82, 2.24) is 9.55 Å². The molecule has 0 aliphatic rings. The van der Waals surface area contributed by atoms with Gasteiger partial charge in [-0.3, -0.25) is 4.79 Å². The lowest BCUT2D eigenvalue weighted by Crippen LogP contribution is -2.52. The number of benzene rings is 2. The number of aromatic nitrogens is 2. The second-order valence-corrected chi connectivity index (χ2v) is 7.95.